The fourth-order valence-corrected chi connectivity index (χ4v) is 2.67. The van der Waals surface area contributed by atoms with Crippen LogP contribution in [0.25, 0.3) is 11.3 Å². The first-order valence-electron chi connectivity index (χ1n) is 7.75. The Bertz CT molecular complexity index is 1000. The predicted molar refractivity (Wildman–Crippen MR) is 92.8 cm³/mol. The van der Waals surface area contributed by atoms with Crippen molar-refractivity contribution in [2.75, 3.05) is 5.73 Å². The number of imidazole rings is 1. The summed E-state index contributed by atoms with van der Waals surface area (Å²) in [6.07, 6.45) is 1.66. The van der Waals surface area contributed by atoms with Gasteiger partial charge in [-0.3, -0.25) is 20.6 Å². The molecule has 1 heterocycles. The zero-order valence-corrected chi connectivity index (χ0v) is 15.9. The summed E-state index contributed by atoms with van der Waals surface area (Å²) in [6.45, 7) is -0.0275. The number of nitrogens with zero attached hydrogens (tertiary/aromatic N) is 3. The van der Waals surface area contributed by atoms with Gasteiger partial charge >= 0.3 is 5.95 Å². The molecule has 0 saturated carbocycles. The van der Waals surface area contributed by atoms with Gasteiger partial charge in [0, 0.05) is 23.3 Å². The number of halogens is 2. The van der Waals surface area contributed by atoms with Crippen molar-refractivity contribution >= 4 is 17.4 Å². The summed E-state index contributed by atoms with van der Waals surface area (Å²) in [5.41, 5.74) is 7.66. The normalized spacial score (nSPS) is 10.3. The molecule has 27 heavy (non-hydrogen) atoms. The van der Waals surface area contributed by atoms with Gasteiger partial charge in [-0.25, -0.2) is 13.5 Å². The van der Waals surface area contributed by atoms with Crippen LogP contribution in [-0.2, 0) is 13.6 Å². The molecule has 0 unspecified atom stereocenters. The number of nitrogen functional groups attached to an aromatic ring is 1. The molecule has 0 bridgehead atoms. The molecule has 3 rings (SSSR count). The lowest BCUT2D eigenvalue weighted by Crippen LogP contribution is -3.00. The standard InChI is InChI=1S/C18H15FN4O3.BrH/c1-21-16(13-3-2-4-15(9-13)23(25)26)10-22(18(21)20)11-17(24)12-5-7-14(19)8-6-12;/h2-10,20H,11H2,1H3;1H. The van der Waals surface area contributed by atoms with E-state index < -0.39 is 10.7 Å². The van der Waals surface area contributed by atoms with Crippen molar-refractivity contribution in [3.8, 4) is 11.3 Å². The van der Waals surface area contributed by atoms with Crippen molar-refractivity contribution in [3.05, 3.63) is 76.2 Å². The van der Waals surface area contributed by atoms with Crippen LogP contribution in [0.5, 0.6) is 0 Å². The van der Waals surface area contributed by atoms with E-state index in [0.29, 0.717) is 22.8 Å². The number of carbonyl (C=O) groups is 1. The van der Waals surface area contributed by atoms with E-state index in [1.54, 1.807) is 34.5 Å². The number of hydrogen-bond donors (Lipinski definition) is 1. The van der Waals surface area contributed by atoms with Crippen LogP contribution in [0.1, 0.15) is 10.4 Å². The quantitative estimate of drug-likeness (QED) is 0.253. The highest BCUT2D eigenvalue weighted by Gasteiger charge is 2.21. The van der Waals surface area contributed by atoms with Crippen LogP contribution in [0.3, 0.4) is 0 Å². The highest BCUT2D eigenvalue weighted by molar-refractivity contribution is 5.95. The van der Waals surface area contributed by atoms with Gasteiger partial charge in [0.05, 0.1) is 12.0 Å². The molecule has 0 aliphatic rings. The number of Topliss-reactive ketones (excluding diaryl/α,β-unsaturated/α-hetero) is 1. The Hall–Kier alpha value is -3.07. The van der Waals surface area contributed by atoms with Crippen LogP contribution in [-0.4, -0.2) is 15.3 Å². The summed E-state index contributed by atoms with van der Waals surface area (Å²) in [4.78, 5) is 22.9. The minimum Gasteiger partial charge on any atom is -1.00 e. The number of anilines is 1. The summed E-state index contributed by atoms with van der Waals surface area (Å²) in [7, 11) is 1.71. The highest BCUT2D eigenvalue weighted by atomic mass is 79.9. The first-order chi connectivity index (χ1) is 12.4. The van der Waals surface area contributed by atoms with E-state index in [9.17, 15) is 19.3 Å². The summed E-state index contributed by atoms with van der Waals surface area (Å²) in [6, 6.07) is 11.4. The van der Waals surface area contributed by atoms with Crippen molar-refractivity contribution in [1.82, 2.24) is 4.57 Å². The van der Waals surface area contributed by atoms with Crippen LogP contribution in [0.15, 0.2) is 54.7 Å². The molecule has 7 nitrogen and oxygen atoms in total. The van der Waals surface area contributed by atoms with Crippen molar-refractivity contribution in [3.63, 3.8) is 0 Å². The number of nitro groups is 1. The molecule has 9 heteroatoms. The molecule has 0 aliphatic heterocycles. The lowest BCUT2D eigenvalue weighted by molar-refractivity contribution is -0.667. The zero-order chi connectivity index (χ0) is 18.8. The summed E-state index contributed by atoms with van der Waals surface area (Å²) >= 11 is 0. The van der Waals surface area contributed by atoms with Crippen LogP contribution in [0, 0.1) is 15.9 Å². The van der Waals surface area contributed by atoms with E-state index in [2.05, 4.69) is 0 Å². The third-order valence-corrected chi connectivity index (χ3v) is 4.11. The van der Waals surface area contributed by atoms with Gasteiger partial charge in [-0.05, 0) is 24.3 Å². The maximum Gasteiger partial charge on any atom is 0.355 e. The Labute approximate surface area is 164 Å². The Morgan fingerprint density at radius 3 is 2.56 bits per heavy atom. The molecule has 0 radical (unpaired) electrons. The first-order valence-corrected chi connectivity index (χ1v) is 7.75. The highest BCUT2D eigenvalue weighted by Crippen LogP contribution is 2.24. The van der Waals surface area contributed by atoms with E-state index in [1.165, 1.54) is 36.4 Å². The van der Waals surface area contributed by atoms with Crippen LogP contribution in [0.2, 0.25) is 0 Å². The average molecular weight is 435 g/mol. The summed E-state index contributed by atoms with van der Waals surface area (Å²) < 4.78 is 16.2. The molecule has 0 fully saturated rings. The van der Waals surface area contributed by atoms with E-state index in [-0.39, 0.29) is 35.0 Å². The molecular weight excluding hydrogens is 419 g/mol. The number of carbonyl (C=O) groups excluding carboxylic acids is 1. The number of rotatable bonds is 5. The second-order valence-corrected chi connectivity index (χ2v) is 5.80. The molecule has 0 aliphatic carbocycles. The fourth-order valence-electron chi connectivity index (χ4n) is 2.67. The van der Waals surface area contributed by atoms with Crippen molar-refractivity contribution < 1.29 is 35.7 Å². The molecule has 0 saturated heterocycles. The minimum atomic E-state index is -0.470. The van der Waals surface area contributed by atoms with Crippen molar-refractivity contribution in [1.29, 1.82) is 0 Å². The maximum absolute atomic E-state index is 13.0. The van der Waals surface area contributed by atoms with E-state index in [4.69, 9.17) is 5.73 Å². The van der Waals surface area contributed by atoms with E-state index in [0.717, 1.165) is 0 Å². The lowest BCUT2D eigenvalue weighted by Gasteiger charge is -2.00. The number of ketones is 1. The van der Waals surface area contributed by atoms with Gasteiger partial charge in [-0.15, -0.1) is 0 Å². The van der Waals surface area contributed by atoms with Crippen LogP contribution in [0.4, 0.5) is 16.0 Å². The Balaban J connectivity index is 0.00000261. The number of nitrogens with two attached hydrogens (primary N) is 1. The number of hydrogen-bond acceptors (Lipinski definition) is 4. The number of aromatic nitrogens is 2. The maximum atomic E-state index is 13.0. The molecule has 0 spiro atoms. The fraction of sp³-hybridized carbons (Fsp3) is 0.111. The first kappa shape index (κ1) is 20.2. The third kappa shape index (κ3) is 4.20. The smallest absolute Gasteiger partial charge is 0.355 e. The minimum absolute atomic E-state index is 0. The van der Waals surface area contributed by atoms with Gasteiger partial charge < -0.3 is 17.0 Å². The van der Waals surface area contributed by atoms with E-state index in [1.807, 2.05) is 0 Å². The zero-order valence-electron chi connectivity index (χ0n) is 14.3. The van der Waals surface area contributed by atoms with Crippen LogP contribution >= 0.6 is 0 Å². The largest absolute Gasteiger partial charge is 1.00 e. The third-order valence-electron chi connectivity index (χ3n) is 4.11. The lowest BCUT2D eigenvalue weighted by atomic mass is 10.1. The SMILES string of the molecule is Cn1c(-c2cccc([N+](=O)[O-])c2)c[n+](CC(=O)c2ccc(F)cc2)c1N.[Br-]. The monoisotopic (exact) mass is 434 g/mol. The molecule has 0 atom stereocenters. The molecule has 2 aromatic carbocycles. The van der Waals surface area contributed by atoms with Crippen molar-refractivity contribution in [2.24, 2.45) is 7.05 Å². The average Bonchev–Trinajstić information content (AvgIpc) is 2.91. The van der Waals surface area contributed by atoms with Gasteiger partial charge in [0.2, 0.25) is 0 Å². The van der Waals surface area contributed by atoms with E-state index >= 15 is 0 Å². The molecule has 1 aromatic heterocycles. The second-order valence-electron chi connectivity index (χ2n) is 5.80. The second kappa shape index (κ2) is 8.09. The van der Waals surface area contributed by atoms with Gasteiger partial charge in [0.1, 0.15) is 24.3 Å². The van der Waals surface area contributed by atoms with Gasteiger partial charge in [0.25, 0.3) is 5.69 Å². The predicted octanol–water partition coefficient (Wildman–Crippen LogP) is -0.504. The number of benzene rings is 2. The summed E-state index contributed by atoms with van der Waals surface area (Å²) in [5, 5.41) is 11.0. The van der Waals surface area contributed by atoms with Gasteiger partial charge in [0.15, 0.2) is 5.78 Å². The Kier molecular flexibility index (Phi) is 6.06. The van der Waals surface area contributed by atoms with Gasteiger partial charge in [-0.2, -0.15) is 0 Å². The topological polar surface area (TPSA) is 95.0 Å². The Morgan fingerprint density at radius 2 is 1.93 bits per heavy atom. The van der Waals surface area contributed by atoms with Crippen LogP contribution < -0.4 is 27.3 Å². The Morgan fingerprint density at radius 1 is 1.26 bits per heavy atom. The molecule has 140 valence electrons. The molecular formula is C18H16BrFN4O3. The summed E-state index contributed by atoms with van der Waals surface area (Å²) in [5.74, 6) is -0.318. The molecule has 0 amide bonds. The van der Waals surface area contributed by atoms with Crippen molar-refractivity contribution in [2.45, 2.75) is 6.54 Å². The number of non-ortho nitro benzene ring substituents is 1. The molecule has 2 N–H and O–H groups in total. The molecule has 3 aromatic rings. The van der Waals surface area contributed by atoms with Gasteiger partial charge in [-0.1, -0.05) is 12.1 Å². The number of nitro benzene ring substituents is 1.